The number of halogens is 2. The molecule has 0 aliphatic carbocycles. The second-order valence-corrected chi connectivity index (χ2v) is 5.39. The maximum atomic E-state index is 13.8. The Bertz CT molecular complexity index is 581. The van der Waals surface area contributed by atoms with Gasteiger partial charge >= 0.3 is 0 Å². The molecule has 0 saturated heterocycles. The number of nitrogen functional groups attached to an aromatic ring is 1. The minimum absolute atomic E-state index is 0.118. The molecule has 0 amide bonds. The quantitative estimate of drug-likeness (QED) is 0.854. The van der Waals surface area contributed by atoms with Gasteiger partial charge in [0.05, 0.1) is 0 Å². The summed E-state index contributed by atoms with van der Waals surface area (Å²) in [6, 6.07) is 12.6. The van der Waals surface area contributed by atoms with E-state index in [1.807, 2.05) is 36.2 Å². The number of rotatable bonds is 4. The van der Waals surface area contributed by atoms with Crippen molar-refractivity contribution in [3.63, 3.8) is 0 Å². The summed E-state index contributed by atoms with van der Waals surface area (Å²) in [5.74, 6) is -0.268. The van der Waals surface area contributed by atoms with Crippen molar-refractivity contribution >= 4 is 17.3 Å². The third kappa shape index (κ3) is 3.30. The van der Waals surface area contributed by atoms with Crippen LogP contribution in [0.25, 0.3) is 0 Å². The molecule has 0 aliphatic rings. The lowest BCUT2D eigenvalue weighted by Crippen LogP contribution is -2.23. The summed E-state index contributed by atoms with van der Waals surface area (Å²) in [7, 11) is 1.94. The number of benzene rings is 2. The first kappa shape index (κ1) is 14.8. The monoisotopic (exact) mass is 292 g/mol. The topological polar surface area (TPSA) is 29.3 Å². The van der Waals surface area contributed by atoms with Gasteiger partial charge in [-0.05, 0) is 43.8 Å². The van der Waals surface area contributed by atoms with Crippen molar-refractivity contribution in [1.82, 2.24) is 4.90 Å². The maximum Gasteiger partial charge on any atom is 0.129 e. The van der Waals surface area contributed by atoms with Crippen LogP contribution in [0.4, 0.5) is 10.1 Å². The fraction of sp³-hybridized carbons (Fsp3) is 0.250. The predicted molar refractivity (Wildman–Crippen MR) is 82.1 cm³/mol. The summed E-state index contributed by atoms with van der Waals surface area (Å²) in [5, 5.41) is 0.702. The average molecular weight is 293 g/mol. The van der Waals surface area contributed by atoms with Crippen molar-refractivity contribution in [1.29, 1.82) is 0 Å². The Kier molecular flexibility index (Phi) is 4.63. The van der Waals surface area contributed by atoms with E-state index in [1.165, 1.54) is 6.07 Å². The van der Waals surface area contributed by atoms with E-state index in [-0.39, 0.29) is 11.9 Å². The van der Waals surface area contributed by atoms with Crippen molar-refractivity contribution in [3.8, 4) is 0 Å². The highest BCUT2D eigenvalue weighted by Gasteiger charge is 2.15. The highest BCUT2D eigenvalue weighted by atomic mass is 35.5. The van der Waals surface area contributed by atoms with Gasteiger partial charge in [0.15, 0.2) is 0 Å². The molecule has 4 heteroatoms. The lowest BCUT2D eigenvalue weighted by atomic mass is 10.1. The van der Waals surface area contributed by atoms with Gasteiger partial charge in [0.1, 0.15) is 5.82 Å². The van der Waals surface area contributed by atoms with Gasteiger partial charge in [-0.3, -0.25) is 4.90 Å². The standard InChI is InChI=1S/C16H18ClFN2/c1-11(12-5-3-6-13(17)9-12)20(2)10-14-15(18)7-4-8-16(14)19/h3-9,11H,10,19H2,1-2H3. The number of nitrogens with zero attached hydrogens (tertiary/aromatic N) is 1. The Morgan fingerprint density at radius 1 is 1.25 bits per heavy atom. The van der Waals surface area contributed by atoms with Gasteiger partial charge in [0, 0.05) is 28.9 Å². The van der Waals surface area contributed by atoms with Crippen LogP contribution in [0.2, 0.25) is 5.02 Å². The van der Waals surface area contributed by atoms with Gasteiger partial charge < -0.3 is 5.73 Å². The molecule has 2 aromatic rings. The van der Waals surface area contributed by atoms with Crippen LogP contribution in [0.3, 0.4) is 0 Å². The molecule has 0 aromatic heterocycles. The summed E-state index contributed by atoms with van der Waals surface area (Å²) in [6.45, 7) is 2.51. The Hall–Kier alpha value is -1.58. The van der Waals surface area contributed by atoms with Crippen LogP contribution in [0, 0.1) is 5.82 Å². The first-order valence-corrected chi connectivity index (χ1v) is 6.85. The van der Waals surface area contributed by atoms with E-state index in [9.17, 15) is 4.39 Å². The zero-order chi connectivity index (χ0) is 14.7. The number of anilines is 1. The van der Waals surface area contributed by atoms with Crippen molar-refractivity contribution in [2.75, 3.05) is 12.8 Å². The van der Waals surface area contributed by atoms with Gasteiger partial charge in [-0.15, -0.1) is 0 Å². The lowest BCUT2D eigenvalue weighted by molar-refractivity contribution is 0.250. The van der Waals surface area contributed by atoms with E-state index in [0.717, 1.165) is 5.56 Å². The molecule has 0 saturated carbocycles. The molecule has 2 N–H and O–H groups in total. The molecule has 0 bridgehead atoms. The SMILES string of the molecule is CC(c1cccc(Cl)c1)N(C)Cc1c(N)cccc1F. The predicted octanol–water partition coefficient (Wildman–Crippen LogP) is 4.25. The Morgan fingerprint density at radius 2 is 1.95 bits per heavy atom. The molecule has 1 atom stereocenters. The first-order valence-electron chi connectivity index (χ1n) is 6.47. The van der Waals surface area contributed by atoms with Crippen LogP contribution in [-0.4, -0.2) is 11.9 Å². The molecular weight excluding hydrogens is 275 g/mol. The molecule has 0 fully saturated rings. The molecule has 2 aromatic carbocycles. The van der Waals surface area contributed by atoms with Crippen LogP contribution in [-0.2, 0) is 6.54 Å². The number of hydrogen-bond acceptors (Lipinski definition) is 2. The van der Waals surface area contributed by atoms with Crippen LogP contribution >= 0.6 is 11.6 Å². The van der Waals surface area contributed by atoms with Crippen molar-refractivity contribution in [3.05, 3.63) is 64.4 Å². The molecule has 2 nitrogen and oxygen atoms in total. The summed E-state index contributed by atoms with van der Waals surface area (Å²) in [6.07, 6.45) is 0. The van der Waals surface area contributed by atoms with E-state index < -0.39 is 0 Å². The van der Waals surface area contributed by atoms with Crippen molar-refractivity contribution < 1.29 is 4.39 Å². The van der Waals surface area contributed by atoms with Crippen LogP contribution in [0.5, 0.6) is 0 Å². The van der Waals surface area contributed by atoms with E-state index in [0.29, 0.717) is 22.8 Å². The number of nitrogens with two attached hydrogens (primary N) is 1. The van der Waals surface area contributed by atoms with Gasteiger partial charge in [-0.25, -0.2) is 4.39 Å². The lowest BCUT2D eigenvalue weighted by Gasteiger charge is -2.26. The Labute approximate surface area is 124 Å². The molecule has 1 unspecified atom stereocenters. The van der Waals surface area contributed by atoms with Gasteiger partial charge in [0.2, 0.25) is 0 Å². The molecule has 0 radical (unpaired) electrons. The molecule has 0 spiro atoms. The highest BCUT2D eigenvalue weighted by Crippen LogP contribution is 2.25. The van der Waals surface area contributed by atoms with E-state index >= 15 is 0 Å². The minimum Gasteiger partial charge on any atom is -0.398 e. The minimum atomic E-state index is -0.268. The average Bonchev–Trinajstić information content (AvgIpc) is 2.42. The Morgan fingerprint density at radius 3 is 2.60 bits per heavy atom. The normalized spacial score (nSPS) is 12.7. The highest BCUT2D eigenvalue weighted by molar-refractivity contribution is 6.30. The van der Waals surface area contributed by atoms with E-state index in [1.54, 1.807) is 12.1 Å². The fourth-order valence-electron chi connectivity index (χ4n) is 2.15. The molecule has 106 valence electrons. The maximum absolute atomic E-state index is 13.8. The van der Waals surface area contributed by atoms with E-state index in [2.05, 4.69) is 6.92 Å². The van der Waals surface area contributed by atoms with Crippen LogP contribution in [0.1, 0.15) is 24.1 Å². The van der Waals surface area contributed by atoms with Gasteiger partial charge in [-0.2, -0.15) is 0 Å². The van der Waals surface area contributed by atoms with Gasteiger partial charge in [0.25, 0.3) is 0 Å². The summed E-state index contributed by atoms with van der Waals surface area (Å²) in [4.78, 5) is 2.04. The second-order valence-electron chi connectivity index (χ2n) is 4.95. The summed E-state index contributed by atoms with van der Waals surface area (Å²) < 4.78 is 13.8. The third-order valence-electron chi connectivity index (χ3n) is 3.55. The molecule has 20 heavy (non-hydrogen) atoms. The third-order valence-corrected chi connectivity index (χ3v) is 3.79. The van der Waals surface area contributed by atoms with Gasteiger partial charge in [-0.1, -0.05) is 29.8 Å². The molecule has 0 heterocycles. The molecule has 2 rings (SSSR count). The summed E-state index contributed by atoms with van der Waals surface area (Å²) >= 11 is 6.01. The number of hydrogen-bond donors (Lipinski definition) is 1. The zero-order valence-electron chi connectivity index (χ0n) is 11.6. The Balaban J connectivity index is 2.17. The van der Waals surface area contributed by atoms with Crippen LogP contribution < -0.4 is 5.73 Å². The van der Waals surface area contributed by atoms with E-state index in [4.69, 9.17) is 17.3 Å². The molecule has 0 aliphatic heterocycles. The molecular formula is C16H18ClFN2. The van der Waals surface area contributed by atoms with Crippen molar-refractivity contribution in [2.45, 2.75) is 19.5 Å². The zero-order valence-corrected chi connectivity index (χ0v) is 12.4. The van der Waals surface area contributed by atoms with Crippen molar-refractivity contribution in [2.24, 2.45) is 0 Å². The fourth-order valence-corrected chi connectivity index (χ4v) is 2.35. The second kappa shape index (κ2) is 6.25. The largest absolute Gasteiger partial charge is 0.398 e. The summed E-state index contributed by atoms with van der Waals surface area (Å²) in [5.41, 5.74) is 7.95. The van der Waals surface area contributed by atoms with Crippen LogP contribution in [0.15, 0.2) is 42.5 Å². The first-order chi connectivity index (χ1) is 9.49. The smallest absolute Gasteiger partial charge is 0.129 e.